The van der Waals surface area contributed by atoms with Gasteiger partial charge in [-0.3, -0.25) is 0 Å². The lowest BCUT2D eigenvalue weighted by molar-refractivity contribution is -0.137. The van der Waals surface area contributed by atoms with Crippen LogP contribution in [0.3, 0.4) is 0 Å². The smallest absolute Gasteiger partial charge is 0.324 e. The molecule has 1 heterocycles. The van der Waals surface area contributed by atoms with Crippen LogP contribution in [0.1, 0.15) is 18.3 Å². The van der Waals surface area contributed by atoms with Crippen molar-refractivity contribution in [2.24, 2.45) is 5.73 Å². The first-order valence-corrected chi connectivity index (χ1v) is 5.77. The minimum atomic E-state index is -4.37. The fourth-order valence-corrected chi connectivity index (χ4v) is 1.87. The fraction of sp³-hybridized carbons (Fsp3) is 0.333. The third kappa shape index (κ3) is 2.60. The zero-order valence-corrected chi connectivity index (χ0v) is 10.3. The Kier molecular flexibility index (Phi) is 3.57. The lowest BCUT2D eigenvalue weighted by Crippen LogP contribution is -2.09. The van der Waals surface area contributed by atoms with Gasteiger partial charge in [-0.05, 0) is 19.1 Å². The molecule has 0 radical (unpaired) electrons. The summed E-state index contributed by atoms with van der Waals surface area (Å²) in [5, 5.41) is 7.80. The van der Waals surface area contributed by atoms with Crippen molar-refractivity contribution in [2.45, 2.75) is 26.2 Å². The molecule has 102 valence electrons. The number of benzene rings is 1. The molecule has 0 amide bonds. The van der Waals surface area contributed by atoms with Gasteiger partial charge < -0.3 is 10.3 Å². The van der Waals surface area contributed by atoms with E-state index in [2.05, 4.69) is 10.2 Å². The highest BCUT2D eigenvalue weighted by molar-refractivity contribution is 5.57. The Balaban J connectivity index is 2.51. The topological polar surface area (TPSA) is 56.7 Å². The van der Waals surface area contributed by atoms with Crippen LogP contribution in [0.4, 0.5) is 13.2 Å². The van der Waals surface area contributed by atoms with Crippen molar-refractivity contribution in [3.8, 4) is 11.4 Å². The van der Waals surface area contributed by atoms with Gasteiger partial charge in [0.25, 0.3) is 0 Å². The van der Waals surface area contributed by atoms with Crippen LogP contribution in [0.15, 0.2) is 24.3 Å². The Morgan fingerprint density at radius 1 is 1.26 bits per heavy atom. The van der Waals surface area contributed by atoms with Crippen LogP contribution >= 0.6 is 0 Å². The molecule has 4 nitrogen and oxygen atoms in total. The highest BCUT2D eigenvalue weighted by Gasteiger charge is 2.30. The van der Waals surface area contributed by atoms with Gasteiger partial charge in [-0.15, -0.1) is 10.2 Å². The Labute approximate surface area is 108 Å². The van der Waals surface area contributed by atoms with E-state index in [1.165, 1.54) is 6.07 Å². The standard InChI is InChI=1S/C12H13F3N4/c1-2-19-10(7-16)17-18-11(19)8-4-3-5-9(6-8)12(13,14)15/h3-6H,2,7,16H2,1H3. The van der Waals surface area contributed by atoms with Crippen molar-refractivity contribution >= 4 is 0 Å². The zero-order valence-electron chi connectivity index (χ0n) is 10.3. The maximum absolute atomic E-state index is 12.7. The van der Waals surface area contributed by atoms with Gasteiger partial charge in [-0.1, -0.05) is 12.1 Å². The number of hydrogen-bond acceptors (Lipinski definition) is 3. The molecule has 0 atom stereocenters. The van der Waals surface area contributed by atoms with E-state index < -0.39 is 11.7 Å². The average molecular weight is 270 g/mol. The molecule has 19 heavy (non-hydrogen) atoms. The molecular formula is C12H13F3N4. The van der Waals surface area contributed by atoms with Gasteiger partial charge >= 0.3 is 6.18 Å². The van der Waals surface area contributed by atoms with Crippen molar-refractivity contribution in [1.29, 1.82) is 0 Å². The molecule has 1 aromatic carbocycles. The van der Waals surface area contributed by atoms with E-state index in [1.807, 2.05) is 6.92 Å². The fourth-order valence-electron chi connectivity index (χ4n) is 1.87. The predicted molar refractivity (Wildman–Crippen MR) is 64.0 cm³/mol. The molecule has 0 spiro atoms. The van der Waals surface area contributed by atoms with Crippen LogP contribution in [0.25, 0.3) is 11.4 Å². The number of nitrogens with zero attached hydrogens (tertiary/aromatic N) is 3. The normalized spacial score (nSPS) is 11.8. The van der Waals surface area contributed by atoms with E-state index in [1.54, 1.807) is 10.6 Å². The molecule has 0 aliphatic heterocycles. The highest BCUT2D eigenvalue weighted by atomic mass is 19.4. The molecular weight excluding hydrogens is 257 g/mol. The number of hydrogen-bond donors (Lipinski definition) is 1. The summed E-state index contributed by atoms with van der Waals surface area (Å²) in [6, 6.07) is 5.02. The quantitative estimate of drug-likeness (QED) is 0.932. The Morgan fingerprint density at radius 3 is 2.58 bits per heavy atom. The lowest BCUT2D eigenvalue weighted by Gasteiger charge is -2.09. The average Bonchev–Trinajstić information content (AvgIpc) is 2.80. The molecule has 0 aliphatic carbocycles. The van der Waals surface area contributed by atoms with E-state index in [-0.39, 0.29) is 6.54 Å². The first-order valence-electron chi connectivity index (χ1n) is 5.77. The monoisotopic (exact) mass is 270 g/mol. The van der Waals surface area contributed by atoms with Crippen LogP contribution in [-0.2, 0) is 19.3 Å². The zero-order chi connectivity index (χ0) is 14.0. The maximum Gasteiger partial charge on any atom is 0.416 e. The Hall–Kier alpha value is -1.89. The largest absolute Gasteiger partial charge is 0.416 e. The molecule has 7 heteroatoms. The van der Waals surface area contributed by atoms with Crippen LogP contribution in [-0.4, -0.2) is 14.8 Å². The molecule has 0 saturated heterocycles. The van der Waals surface area contributed by atoms with Crippen LogP contribution in [0, 0.1) is 0 Å². The number of rotatable bonds is 3. The Morgan fingerprint density at radius 2 is 2.00 bits per heavy atom. The maximum atomic E-state index is 12.7. The summed E-state index contributed by atoms with van der Waals surface area (Å²) in [5.41, 5.74) is 5.19. The SMILES string of the molecule is CCn1c(CN)nnc1-c1cccc(C(F)(F)F)c1. The van der Waals surface area contributed by atoms with Gasteiger partial charge in [0, 0.05) is 12.1 Å². The first-order chi connectivity index (χ1) is 8.97. The van der Waals surface area contributed by atoms with Crippen LogP contribution in [0.2, 0.25) is 0 Å². The van der Waals surface area contributed by atoms with Crippen molar-refractivity contribution in [2.75, 3.05) is 0 Å². The van der Waals surface area contributed by atoms with Crippen molar-refractivity contribution in [3.05, 3.63) is 35.7 Å². The number of alkyl halides is 3. The second-order valence-electron chi connectivity index (χ2n) is 3.97. The van der Waals surface area contributed by atoms with Gasteiger partial charge in [-0.2, -0.15) is 13.2 Å². The minimum absolute atomic E-state index is 0.194. The molecule has 0 fully saturated rings. The second-order valence-corrected chi connectivity index (χ2v) is 3.97. The molecule has 0 unspecified atom stereocenters. The summed E-state index contributed by atoms with van der Waals surface area (Å²) >= 11 is 0. The van der Waals surface area contributed by atoms with Crippen LogP contribution < -0.4 is 5.73 Å². The summed E-state index contributed by atoms with van der Waals surface area (Å²) < 4.78 is 39.7. The summed E-state index contributed by atoms with van der Waals surface area (Å²) in [7, 11) is 0. The van der Waals surface area contributed by atoms with E-state index in [4.69, 9.17) is 5.73 Å². The summed E-state index contributed by atoms with van der Waals surface area (Å²) in [4.78, 5) is 0. The molecule has 0 saturated carbocycles. The van der Waals surface area contributed by atoms with Gasteiger partial charge in [0.1, 0.15) is 5.82 Å². The van der Waals surface area contributed by atoms with E-state index in [0.29, 0.717) is 23.8 Å². The number of nitrogens with two attached hydrogens (primary N) is 1. The summed E-state index contributed by atoms with van der Waals surface area (Å²) in [6.45, 7) is 2.60. The molecule has 2 aromatic rings. The first kappa shape index (κ1) is 13.5. The number of halogens is 3. The highest BCUT2D eigenvalue weighted by Crippen LogP contribution is 2.31. The van der Waals surface area contributed by atoms with E-state index in [0.717, 1.165) is 12.1 Å². The van der Waals surface area contributed by atoms with Crippen molar-refractivity contribution < 1.29 is 13.2 Å². The van der Waals surface area contributed by atoms with Crippen molar-refractivity contribution in [1.82, 2.24) is 14.8 Å². The van der Waals surface area contributed by atoms with E-state index in [9.17, 15) is 13.2 Å². The van der Waals surface area contributed by atoms with E-state index >= 15 is 0 Å². The molecule has 0 aliphatic rings. The molecule has 2 rings (SSSR count). The summed E-state index contributed by atoms with van der Waals surface area (Å²) in [6.07, 6.45) is -4.37. The van der Waals surface area contributed by atoms with Gasteiger partial charge in [0.15, 0.2) is 5.82 Å². The van der Waals surface area contributed by atoms with Crippen molar-refractivity contribution in [3.63, 3.8) is 0 Å². The minimum Gasteiger partial charge on any atom is -0.324 e. The third-order valence-corrected chi connectivity index (χ3v) is 2.77. The molecule has 2 N–H and O–H groups in total. The lowest BCUT2D eigenvalue weighted by atomic mass is 10.1. The van der Waals surface area contributed by atoms with Crippen LogP contribution in [0.5, 0.6) is 0 Å². The second kappa shape index (κ2) is 5.00. The van der Waals surface area contributed by atoms with Gasteiger partial charge in [-0.25, -0.2) is 0 Å². The summed E-state index contributed by atoms with van der Waals surface area (Å²) in [5.74, 6) is 0.948. The molecule has 1 aromatic heterocycles. The third-order valence-electron chi connectivity index (χ3n) is 2.77. The number of aromatic nitrogens is 3. The van der Waals surface area contributed by atoms with Gasteiger partial charge in [0.05, 0.1) is 12.1 Å². The predicted octanol–water partition coefficient (Wildman–Crippen LogP) is 2.44. The Bertz CT molecular complexity index is 575. The molecule has 0 bridgehead atoms. The van der Waals surface area contributed by atoms with Gasteiger partial charge in [0.2, 0.25) is 0 Å².